The zero-order chi connectivity index (χ0) is 17.8. The zero-order valence-electron chi connectivity index (χ0n) is 13.4. The van der Waals surface area contributed by atoms with E-state index < -0.39 is 20.5 Å². The van der Waals surface area contributed by atoms with E-state index in [-0.39, 0.29) is 0 Å². The Morgan fingerprint density at radius 3 is 1.62 bits per heavy atom. The van der Waals surface area contributed by atoms with Crippen molar-refractivity contribution in [3.63, 3.8) is 0 Å². The summed E-state index contributed by atoms with van der Waals surface area (Å²) in [6.45, 7) is 4.19. The minimum atomic E-state index is -4.35. The Morgan fingerprint density at radius 2 is 1.25 bits per heavy atom. The normalized spacial score (nSPS) is 12.4. The fourth-order valence-corrected chi connectivity index (χ4v) is 4.11. The summed E-state index contributed by atoms with van der Waals surface area (Å²) in [6.07, 6.45) is -4.35. The third-order valence-electron chi connectivity index (χ3n) is 3.48. The van der Waals surface area contributed by atoms with Crippen molar-refractivity contribution < 1.29 is 26.8 Å². The highest BCUT2D eigenvalue weighted by Crippen LogP contribution is 2.30. The molecule has 24 heavy (non-hydrogen) atoms. The minimum Gasteiger partial charge on any atom is -0.386 e. The molecule has 0 aliphatic rings. The minimum absolute atomic E-state index is 0.323. The van der Waals surface area contributed by atoms with Gasteiger partial charge in [0.1, 0.15) is 0 Å². The predicted octanol–water partition coefficient (Wildman–Crippen LogP) is 3.58. The summed E-state index contributed by atoms with van der Waals surface area (Å²) < 4.78 is 48.6. The molecule has 0 radical (unpaired) electrons. The van der Waals surface area contributed by atoms with E-state index in [9.17, 15) is 18.0 Å². The van der Waals surface area contributed by atoms with Crippen molar-refractivity contribution in [1.82, 2.24) is 0 Å². The van der Waals surface area contributed by atoms with E-state index in [1.165, 1.54) is 12.1 Å². The zero-order valence-corrected chi connectivity index (χ0v) is 14.4. The van der Waals surface area contributed by atoms with Crippen LogP contribution in [0, 0.1) is 0 Å². The van der Waals surface area contributed by atoms with Crippen molar-refractivity contribution >= 4 is 14.0 Å². The monoisotopic (exact) mass is 356 g/mol. The molecule has 130 valence electrons. The summed E-state index contributed by atoms with van der Waals surface area (Å²) in [5.74, 6) is 0. The molecule has 0 aromatic heterocycles. The molecule has 2 rings (SSSR count). The van der Waals surface area contributed by atoms with Gasteiger partial charge < -0.3 is 13.6 Å². The Bertz CT molecular complexity index is 648. The molecule has 0 aliphatic carbocycles. The van der Waals surface area contributed by atoms with Crippen LogP contribution in [0.25, 0.3) is 11.1 Å². The van der Waals surface area contributed by atoms with E-state index in [2.05, 4.69) is 0 Å². The van der Waals surface area contributed by atoms with Gasteiger partial charge in [0.2, 0.25) is 0 Å². The van der Waals surface area contributed by atoms with Crippen LogP contribution < -0.4 is 5.19 Å². The summed E-state index contributed by atoms with van der Waals surface area (Å²) in [4.78, 5) is 10.5. The van der Waals surface area contributed by atoms with Crippen LogP contribution in [-0.2, 0) is 15.0 Å². The van der Waals surface area contributed by atoms with E-state index in [1.807, 2.05) is 0 Å². The SMILES string of the molecule is CCO[Si](O)(OCC)c1ccc(-c2ccc(C(F)(F)F)cc2)cc1. The van der Waals surface area contributed by atoms with Crippen molar-refractivity contribution in [3.8, 4) is 11.1 Å². The highest BCUT2D eigenvalue weighted by atomic mass is 28.4. The lowest BCUT2D eigenvalue weighted by Crippen LogP contribution is -2.54. The number of benzene rings is 2. The molecule has 0 fully saturated rings. The van der Waals surface area contributed by atoms with Crippen LogP contribution in [0.1, 0.15) is 19.4 Å². The lowest BCUT2D eigenvalue weighted by Gasteiger charge is -2.23. The molecule has 0 saturated carbocycles. The highest BCUT2D eigenvalue weighted by Gasteiger charge is 2.39. The summed E-state index contributed by atoms with van der Waals surface area (Å²) in [7, 11) is -3.43. The molecule has 0 heterocycles. The van der Waals surface area contributed by atoms with Gasteiger partial charge in [-0.3, -0.25) is 0 Å². The second-order valence-corrected chi connectivity index (χ2v) is 7.42. The maximum atomic E-state index is 12.6. The molecule has 2 aromatic rings. The molecule has 0 aliphatic heterocycles. The van der Waals surface area contributed by atoms with E-state index >= 15 is 0 Å². The number of rotatable bonds is 6. The Balaban J connectivity index is 2.25. The maximum Gasteiger partial charge on any atom is 0.534 e. The molecular formula is C17H19F3O3Si. The molecule has 0 spiro atoms. The lowest BCUT2D eigenvalue weighted by molar-refractivity contribution is -0.137. The largest absolute Gasteiger partial charge is 0.534 e. The van der Waals surface area contributed by atoms with Crippen LogP contribution in [0.2, 0.25) is 0 Å². The Hall–Kier alpha value is -1.67. The Labute approximate surface area is 140 Å². The van der Waals surface area contributed by atoms with Crippen molar-refractivity contribution in [2.24, 2.45) is 0 Å². The number of hydrogen-bond donors (Lipinski definition) is 1. The first kappa shape index (κ1) is 18.7. The summed E-state index contributed by atoms with van der Waals surface area (Å²) >= 11 is 0. The Morgan fingerprint density at radius 1 is 0.833 bits per heavy atom. The maximum absolute atomic E-state index is 12.6. The molecule has 7 heteroatoms. The number of alkyl halides is 3. The molecular weight excluding hydrogens is 337 g/mol. The van der Waals surface area contributed by atoms with Gasteiger partial charge >= 0.3 is 15.0 Å². The average molecular weight is 356 g/mol. The lowest BCUT2D eigenvalue weighted by atomic mass is 10.0. The number of hydrogen-bond acceptors (Lipinski definition) is 3. The fourth-order valence-electron chi connectivity index (χ4n) is 2.32. The third-order valence-corrected chi connectivity index (χ3v) is 5.90. The van der Waals surface area contributed by atoms with Gasteiger partial charge in [0.05, 0.1) is 5.56 Å². The highest BCUT2D eigenvalue weighted by molar-refractivity contribution is 6.74. The molecule has 0 unspecified atom stereocenters. The van der Waals surface area contributed by atoms with Crippen LogP contribution in [0.4, 0.5) is 13.2 Å². The van der Waals surface area contributed by atoms with Gasteiger partial charge in [0.25, 0.3) is 0 Å². The van der Waals surface area contributed by atoms with Gasteiger partial charge in [-0.05, 0) is 37.1 Å². The molecule has 3 nitrogen and oxygen atoms in total. The first-order valence-corrected chi connectivity index (χ1v) is 9.35. The van der Waals surface area contributed by atoms with Gasteiger partial charge in [-0.15, -0.1) is 0 Å². The van der Waals surface area contributed by atoms with Crippen molar-refractivity contribution in [1.29, 1.82) is 0 Å². The van der Waals surface area contributed by atoms with Crippen molar-refractivity contribution in [2.45, 2.75) is 20.0 Å². The smallest absolute Gasteiger partial charge is 0.386 e. The molecule has 0 atom stereocenters. The van der Waals surface area contributed by atoms with Gasteiger partial charge in [0.15, 0.2) is 0 Å². The Kier molecular flexibility index (Phi) is 5.82. The van der Waals surface area contributed by atoms with E-state index in [4.69, 9.17) is 8.85 Å². The van der Waals surface area contributed by atoms with Crippen LogP contribution >= 0.6 is 0 Å². The van der Waals surface area contributed by atoms with Crippen molar-refractivity contribution in [3.05, 3.63) is 54.1 Å². The average Bonchev–Trinajstić information content (AvgIpc) is 2.55. The van der Waals surface area contributed by atoms with Crippen LogP contribution in [-0.4, -0.2) is 26.8 Å². The fraction of sp³-hybridized carbons (Fsp3) is 0.294. The third kappa shape index (κ3) is 4.24. The van der Waals surface area contributed by atoms with Crippen LogP contribution in [0.15, 0.2) is 48.5 Å². The van der Waals surface area contributed by atoms with E-state index in [1.54, 1.807) is 38.1 Å². The van der Waals surface area contributed by atoms with Gasteiger partial charge in [-0.25, -0.2) is 0 Å². The van der Waals surface area contributed by atoms with E-state index in [0.29, 0.717) is 24.0 Å². The summed E-state index contributed by atoms with van der Waals surface area (Å²) in [6, 6.07) is 11.8. The molecule has 1 N–H and O–H groups in total. The molecule has 0 saturated heterocycles. The molecule has 0 amide bonds. The van der Waals surface area contributed by atoms with Crippen LogP contribution in [0.5, 0.6) is 0 Å². The van der Waals surface area contributed by atoms with Crippen molar-refractivity contribution in [2.75, 3.05) is 13.2 Å². The van der Waals surface area contributed by atoms with Crippen LogP contribution in [0.3, 0.4) is 0 Å². The predicted molar refractivity (Wildman–Crippen MR) is 87.7 cm³/mol. The first-order chi connectivity index (χ1) is 11.3. The molecule has 2 aromatic carbocycles. The standard InChI is InChI=1S/C17H19F3O3Si/c1-3-22-24(21,23-4-2)16-11-7-14(8-12-16)13-5-9-15(10-6-13)17(18,19)20/h5-12,21H,3-4H2,1-2H3. The quantitative estimate of drug-likeness (QED) is 0.804. The summed E-state index contributed by atoms with van der Waals surface area (Å²) in [5, 5.41) is 0.557. The second kappa shape index (κ2) is 7.48. The van der Waals surface area contributed by atoms with Gasteiger partial charge in [-0.2, -0.15) is 13.2 Å². The number of halogens is 3. The van der Waals surface area contributed by atoms with Gasteiger partial charge in [0, 0.05) is 18.4 Å². The van der Waals surface area contributed by atoms with Gasteiger partial charge in [-0.1, -0.05) is 36.4 Å². The summed E-state index contributed by atoms with van der Waals surface area (Å²) in [5.41, 5.74) is 0.724. The topological polar surface area (TPSA) is 38.7 Å². The first-order valence-electron chi connectivity index (χ1n) is 7.58. The van der Waals surface area contributed by atoms with E-state index in [0.717, 1.165) is 17.7 Å². The second-order valence-electron chi connectivity index (χ2n) is 5.10. The molecule has 0 bridgehead atoms.